The van der Waals surface area contributed by atoms with Gasteiger partial charge in [0.25, 0.3) is 5.91 Å². The Kier molecular flexibility index (Phi) is 8.72. The zero-order chi connectivity index (χ0) is 29.7. The number of hydrogen-bond donors (Lipinski definition) is 5. The number of para-hydroxylation sites is 1. The van der Waals surface area contributed by atoms with E-state index in [0.717, 1.165) is 11.8 Å². The third-order valence-electron chi connectivity index (χ3n) is 6.24. The fourth-order valence-electron chi connectivity index (χ4n) is 4.44. The molecule has 0 spiro atoms. The number of esters is 1. The number of carbonyl (C=O) groups excluding carboxylic acids is 5. The van der Waals surface area contributed by atoms with Gasteiger partial charge in [0.1, 0.15) is 18.6 Å². The number of nitrogens with one attached hydrogen (secondary N) is 3. The fourth-order valence-corrected chi connectivity index (χ4v) is 4.44. The number of aliphatic hydroxyl groups is 1. The Bertz CT molecular complexity index is 1390. The van der Waals surface area contributed by atoms with Gasteiger partial charge in [-0.2, -0.15) is 0 Å². The third kappa shape index (κ3) is 6.91. The van der Waals surface area contributed by atoms with E-state index in [9.17, 15) is 39.0 Å². The first-order valence-corrected chi connectivity index (χ1v) is 12.5. The number of carboxylic acid groups (broad SMARTS) is 1. The fraction of sp³-hybridized carbons (Fsp3) is 0.296. The largest absolute Gasteiger partial charge is 0.481 e. The van der Waals surface area contributed by atoms with Crippen LogP contribution in [0.5, 0.6) is 0 Å². The van der Waals surface area contributed by atoms with Crippen molar-refractivity contribution in [1.82, 2.24) is 16.0 Å². The molecule has 0 saturated carbocycles. The Morgan fingerprint density at radius 2 is 1.73 bits per heavy atom. The SMILES string of the molecule is CC(=O)N[C@@H](CC(=O)O)C(=O)NC1N=C(c2ccccc2)c2ccccc2N(CC(=O)N[C@@H]2CC(=O)OC2O)C1=O. The van der Waals surface area contributed by atoms with Gasteiger partial charge in [0.05, 0.1) is 24.2 Å². The molecular formula is C27H27N5O9. The first-order chi connectivity index (χ1) is 19.5. The molecule has 41 heavy (non-hydrogen) atoms. The van der Waals surface area contributed by atoms with Crippen LogP contribution in [-0.2, 0) is 33.5 Å². The molecule has 2 heterocycles. The predicted octanol–water partition coefficient (Wildman–Crippen LogP) is -0.958. The van der Waals surface area contributed by atoms with Gasteiger partial charge in [0.2, 0.25) is 30.2 Å². The average Bonchev–Trinajstić information content (AvgIpc) is 3.19. The van der Waals surface area contributed by atoms with Gasteiger partial charge in [0.15, 0.2) is 0 Å². The molecule has 4 atom stereocenters. The molecule has 0 radical (unpaired) electrons. The van der Waals surface area contributed by atoms with E-state index in [1.807, 2.05) is 0 Å². The molecule has 2 aliphatic rings. The third-order valence-corrected chi connectivity index (χ3v) is 6.24. The van der Waals surface area contributed by atoms with E-state index in [4.69, 9.17) is 0 Å². The molecule has 5 N–H and O–H groups in total. The number of nitrogens with zero attached hydrogens (tertiary/aromatic N) is 2. The molecule has 14 nitrogen and oxygen atoms in total. The van der Waals surface area contributed by atoms with E-state index in [1.165, 1.54) is 0 Å². The second-order valence-electron chi connectivity index (χ2n) is 9.31. The summed E-state index contributed by atoms with van der Waals surface area (Å²) in [6.45, 7) is 0.531. The number of ether oxygens (including phenoxy) is 1. The zero-order valence-corrected chi connectivity index (χ0v) is 21.8. The summed E-state index contributed by atoms with van der Waals surface area (Å²) in [4.78, 5) is 80.0. The summed E-state index contributed by atoms with van der Waals surface area (Å²) in [5, 5.41) is 26.2. The van der Waals surface area contributed by atoms with Crippen LogP contribution in [0.3, 0.4) is 0 Å². The highest BCUT2D eigenvalue weighted by Crippen LogP contribution is 2.28. The highest BCUT2D eigenvalue weighted by Gasteiger charge is 2.38. The molecule has 0 aromatic heterocycles. The predicted molar refractivity (Wildman–Crippen MR) is 141 cm³/mol. The summed E-state index contributed by atoms with van der Waals surface area (Å²) in [7, 11) is 0. The lowest BCUT2D eigenvalue weighted by molar-refractivity contribution is -0.155. The Hall–Kier alpha value is -5.11. The van der Waals surface area contributed by atoms with Crippen molar-refractivity contribution < 1.29 is 43.7 Å². The highest BCUT2D eigenvalue weighted by atomic mass is 16.6. The number of fused-ring (bicyclic) bond motifs is 1. The number of aliphatic imine (C=N–C) groups is 1. The number of cyclic esters (lactones) is 1. The van der Waals surface area contributed by atoms with Crippen LogP contribution in [0, 0.1) is 0 Å². The number of benzene rings is 2. The van der Waals surface area contributed by atoms with Crippen LogP contribution < -0.4 is 20.9 Å². The lowest BCUT2D eigenvalue weighted by Gasteiger charge is -2.26. The molecule has 0 bridgehead atoms. The van der Waals surface area contributed by atoms with Crippen molar-refractivity contribution in [2.75, 3.05) is 11.4 Å². The van der Waals surface area contributed by atoms with Gasteiger partial charge in [-0.3, -0.25) is 33.7 Å². The smallest absolute Gasteiger partial charge is 0.310 e. The Morgan fingerprint density at radius 1 is 1.05 bits per heavy atom. The minimum Gasteiger partial charge on any atom is -0.481 e. The summed E-state index contributed by atoms with van der Waals surface area (Å²) in [6, 6.07) is 12.9. The van der Waals surface area contributed by atoms with E-state index in [0.29, 0.717) is 16.8 Å². The maximum absolute atomic E-state index is 13.9. The van der Waals surface area contributed by atoms with E-state index >= 15 is 0 Å². The molecule has 4 amide bonds. The number of aliphatic hydroxyl groups excluding tert-OH is 1. The van der Waals surface area contributed by atoms with Crippen molar-refractivity contribution in [2.24, 2.45) is 4.99 Å². The number of rotatable bonds is 9. The first kappa shape index (κ1) is 28.9. The van der Waals surface area contributed by atoms with Crippen LogP contribution in [0.15, 0.2) is 59.6 Å². The molecule has 0 aliphatic carbocycles. The monoisotopic (exact) mass is 565 g/mol. The standard InChI is InChI=1S/C27H27N5O9/c1-14(33)28-17(11-21(35)36)25(38)31-24-26(39)32(13-20(34)29-18-12-22(37)41-27(18)40)19-10-6-5-9-16(19)23(30-24)15-7-3-2-4-8-15/h2-10,17-18,24,27,40H,11-13H2,1H3,(H,28,33)(H,29,34)(H,31,38)(H,35,36)/t17-,18+,24?,27?/m0/s1. The van der Waals surface area contributed by atoms with Gasteiger partial charge in [-0.25, -0.2) is 4.99 Å². The van der Waals surface area contributed by atoms with E-state index in [-0.39, 0.29) is 12.1 Å². The molecule has 14 heteroatoms. The molecule has 1 saturated heterocycles. The highest BCUT2D eigenvalue weighted by molar-refractivity contribution is 6.21. The molecular weight excluding hydrogens is 538 g/mol. The number of carbonyl (C=O) groups is 6. The van der Waals surface area contributed by atoms with Crippen molar-refractivity contribution in [3.05, 3.63) is 65.7 Å². The van der Waals surface area contributed by atoms with Crippen LogP contribution in [0.2, 0.25) is 0 Å². The quantitative estimate of drug-likeness (QED) is 0.237. The number of anilines is 1. The second-order valence-corrected chi connectivity index (χ2v) is 9.31. The van der Waals surface area contributed by atoms with Gasteiger partial charge in [-0.1, -0.05) is 48.5 Å². The van der Waals surface area contributed by atoms with E-state index in [2.05, 4.69) is 25.7 Å². The van der Waals surface area contributed by atoms with Gasteiger partial charge in [-0.05, 0) is 6.07 Å². The van der Waals surface area contributed by atoms with Crippen molar-refractivity contribution in [3.63, 3.8) is 0 Å². The van der Waals surface area contributed by atoms with Gasteiger partial charge >= 0.3 is 11.9 Å². The van der Waals surface area contributed by atoms with Crippen molar-refractivity contribution >= 4 is 47.0 Å². The minimum atomic E-state index is -1.62. The Labute approximate surface area is 233 Å². The lowest BCUT2D eigenvalue weighted by atomic mass is 10.0. The van der Waals surface area contributed by atoms with Crippen LogP contribution in [-0.4, -0.2) is 82.6 Å². The van der Waals surface area contributed by atoms with Crippen molar-refractivity contribution in [1.29, 1.82) is 0 Å². The van der Waals surface area contributed by atoms with Crippen LogP contribution in [0.1, 0.15) is 30.9 Å². The minimum absolute atomic E-state index is 0.258. The summed E-state index contributed by atoms with van der Waals surface area (Å²) < 4.78 is 4.65. The topological polar surface area (TPSA) is 204 Å². The molecule has 214 valence electrons. The number of aliphatic carboxylic acids is 1. The normalized spacial score (nSPS) is 20.6. The number of benzodiazepines with no additional fused rings is 1. The molecule has 2 aromatic carbocycles. The summed E-state index contributed by atoms with van der Waals surface area (Å²) in [5.74, 6) is -5.25. The molecule has 2 unspecified atom stereocenters. The first-order valence-electron chi connectivity index (χ1n) is 12.5. The second kappa shape index (κ2) is 12.4. The number of amides is 4. The van der Waals surface area contributed by atoms with Crippen LogP contribution >= 0.6 is 0 Å². The molecule has 2 aliphatic heterocycles. The molecule has 4 rings (SSSR count). The lowest BCUT2D eigenvalue weighted by Crippen LogP contribution is -2.55. The van der Waals surface area contributed by atoms with Gasteiger partial charge in [-0.15, -0.1) is 0 Å². The average molecular weight is 566 g/mol. The summed E-state index contributed by atoms with van der Waals surface area (Å²) >= 11 is 0. The van der Waals surface area contributed by atoms with Gasteiger partial charge < -0.3 is 30.9 Å². The Morgan fingerprint density at radius 3 is 2.37 bits per heavy atom. The van der Waals surface area contributed by atoms with Crippen molar-refractivity contribution in [2.45, 2.75) is 44.3 Å². The van der Waals surface area contributed by atoms with E-state index in [1.54, 1.807) is 54.6 Å². The van der Waals surface area contributed by atoms with Crippen LogP contribution in [0.4, 0.5) is 5.69 Å². The number of hydrogen-bond acceptors (Lipinski definition) is 9. The molecule has 1 fully saturated rings. The maximum Gasteiger partial charge on any atom is 0.310 e. The maximum atomic E-state index is 13.9. The van der Waals surface area contributed by atoms with Gasteiger partial charge in [0, 0.05) is 18.1 Å². The summed E-state index contributed by atoms with van der Waals surface area (Å²) in [6.07, 6.45) is -4.17. The Balaban J connectivity index is 1.71. The molecule has 2 aromatic rings. The number of carboxylic acids is 1. The van der Waals surface area contributed by atoms with Crippen LogP contribution in [0.25, 0.3) is 0 Å². The zero-order valence-electron chi connectivity index (χ0n) is 21.8. The van der Waals surface area contributed by atoms with Crippen molar-refractivity contribution in [3.8, 4) is 0 Å². The van der Waals surface area contributed by atoms with E-state index < -0.39 is 73.1 Å². The summed E-state index contributed by atoms with van der Waals surface area (Å²) in [5.41, 5.74) is 1.64.